The van der Waals surface area contributed by atoms with E-state index < -0.39 is 0 Å². The van der Waals surface area contributed by atoms with Crippen LogP contribution in [0.2, 0.25) is 0 Å². The SMILES string of the molecule is O=C(CC1CCCN1)N1Cc2ccccc2-c2ccccc2C1. The maximum Gasteiger partial charge on any atom is 0.224 e. The summed E-state index contributed by atoms with van der Waals surface area (Å²) in [6, 6.07) is 17.3. The lowest BCUT2D eigenvalue weighted by Gasteiger charge is -2.23. The van der Waals surface area contributed by atoms with Crippen LogP contribution in [-0.4, -0.2) is 23.4 Å². The molecule has 1 fully saturated rings. The molecule has 23 heavy (non-hydrogen) atoms. The van der Waals surface area contributed by atoms with Crippen LogP contribution in [0.15, 0.2) is 48.5 Å². The molecule has 4 rings (SSSR count). The Bertz CT molecular complexity index is 672. The third-order valence-corrected chi connectivity index (χ3v) is 4.98. The molecule has 3 heteroatoms. The number of nitrogens with zero attached hydrogens (tertiary/aromatic N) is 1. The predicted octanol–water partition coefficient (Wildman–Crippen LogP) is 3.34. The minimum atomic E-state index is 0.260. The lowest BCUT2D eigenvalue weighted by atomic mass is 9.97. The van der Waals surface area contributed by atoms with Crippen molar-refractivity contribution in [2.45, 2.75) is 38.4 Å². The minimum Gasteiger partial charge on any atom is -0.334 e. The molecule has 2 aliphatic heterocycles. The van der Waals surface area contributed by atoms with Crippen molar-refractivity contribution in [1.82, 2.24) is 10.2 Å². The quantitative estimate of drug-likeness (QED) is 0.923. The molecule has 0 aliphatic carbocycles. The Morgan fingerprint density at radius 3 is 2.17 bits per heavy atom. The molecule has 0 saturated carbocycles. The summed E-state index contributed by atoms with van der Waals surface area (Å²) in [6.45, 7) is 2.45. The minimum absolute atomic E-state index is 0.260. The second kappa shape index (κ2) is 6.17. The van der Waals surface area contributed by atoms with Crippen molar-refractivity contribution in [2.75, 3.05) is 6.54 Å². The molecule has 0 radical (unpaired) electrons. The standard InChI is InChI=1S/C20H22N2O/c23-20(12-17-8-5-11-21-17)22-13-15-6-1-3-9-18(15)19-10-4-2-7-16(19)14-22/h1-4,6-7,9-10,17,21H,5,8,11-14H2. The summed E-state index contributed by atoms with van der Waals surface area (Å²) in [6.07, 6.45) is 2.92. The molecule has 0 spiro atoms. The Hall–Kier alpha value is -2.13. The topological polar surface area (TPSA) is 32.3 Å². The van der Waals surface area contributed by atoms with E-state index >= 15 is 0 Å². The smallest absolute Gasteiger partial charge is 0.224 e. The first-order chi connectivity index (χ1) is 11.3. The largest absolute Gasteiger partial charge is 0.334 e. The van der Waals surface area contributed by atoms with Gasteiger partial charge in [-0.2, -0.15) is 0 Å². The van der Waals surface area contributed by atoms with E-state index in [4.69, 9.17) is 0 Å². The van der Waals surface area contributed by atoms with Crippen LogP contribution in [0.1, 0.15) is 30.4 Å². The third-order valence-electron chi connectivity index (χ3n) is 4.98. The first-order valence-corrected chi connectivity index (χ1v) is 8.48. The van der Waals surface area contributed by atoms with Crippen molar-refractivity contribution < 1.29 is 4.79 Å². The molecule has 1 amide bonds. The molecule has 2 aromatic rings. The van der Waals surface area contributed by atoms with Gasteiger partial charge in [-0.3, -0.25) is 4.79 Å². The van der Waals surface area contributed by atoms with Crippen molar-refractivity contribution in [3.8, 4) is 11.1 Å². The van der Waals surface area contributed by atoms with Gasteiger partial charge in [0.1, 0.15) is 0 Å². The van der Waals surface area contributed by atoms with Crippen LogP contribution in [0.25, 0.3) is 11.1 Å². The van der Waals surface area contributed by atoms with Crippen LogP contribution in [-0.2, 0) is 17.9 Å². The summed E-state index contributed by atoms with van der Waals surface area (Å²) in [5.41, 5.74) is 5.00. The Morgan fingerprint density at radius 2 is 1.61 bits per heavy atom. The Kier molecular flexibility index (Phi) is 3.88. The van der Waals surface area contributed by atoms with Crippen LogP contribution in [0.3, 0.4) is 0 Å². The molecule has 1 N–H and O–H groups in total. The predicted molar refractivity (Wildman–Crippen MR) is 91.8 cm³/mol. The van der Waals surface area contributed by atoms with Crippen molar-refractivity contribution in [2.24, 2.45) is 0 Å². The number of rotatable bonds is 2. The molecule has 3 nitrogen and oxygen atoms in total. The fourth-order valence-electron chi connectivity index (χ4n) is 3.76. The van der Waals surface area contributed by atoms with Gasteiger partial charge in [-0.15, -0.1) is 0 Å². The normalized spacial score (nSPS) is 19.8. The molecule has 118 valence electrons. The Balaban J connectivity index is 1.65. The maximum absolute atomic E-state index is 12.8. The molecular formula is C20H22N2O. The number of carbonyl (C=O) groups is 1. The molecule has 1 saturated heterocycles. The maximum atomic E-state index is 12.8. The molecule has 1 atom stereocenters. The van der Waals surface area contributed by atoms with Gasteiger partial charge in [-0.05, 0) is 41.6 Å². The van der Waals surface area contributed by atoms with E-state index in [1.807, 2.05) is 4.90 Å². The van der Waals surface area contributed by atoms with Gasteiger partial charge in [0.2, 0.25) is 5.91 Å². The van der Waals surface area contributed by atoms with Crippen molar-refractivity contribution in [1.29, 1.82) is 0 Å². The zero-order valence-corrected chi connectivity index (χ0v) is 13.3. The summed E-state index contributed by atoms with van der Waals surface area (Å²) in [4.78, 5) is 14.8. The molecule has 2 aliphatic rings. The number of amides is 1. The fraction of sp³-hybridized carbons (Fsp3) is 0.350. The third kappa shape index (κ3) is 2.89. The van der Waals surface area contributed by atoms with Gasteiger partial charge in [0.05, 0.1) is 0 Å². The number of hydrogen-bond donors (Lipinski definition) is 1. The fourth-order valence-corrected chi connectivity index (χ4v) is 3.76. The van der Waals surface area contributed by atoms with E-state index in [1.54, 1.807) is 0 Å². The summed E-state index contributed by atoms with van der Waals surface area (Å²) < 4.78 is 0. The van der Waals surface area contributed by atoms with Crippen molar-refractivity contribution >= 4 is 5.91 Å². The monoisotopic (exact) mass is 306 g/mol. The van der Waals surface area contributed by atoms with E-state index in [0.29, 0.717) is 25.6 Å². The lowest BCUT2D eigenvalue weighted by Crippen LogP contribution is -2.34. The highest BCUT2D eigenvalue weighted by molar-refractivity contribution is 5.79. The number of nitrogens with one attached hydrogen (secondary N) is 1. The highest BCUT2D eigenvalue weighted by Gasteiger charge is 2.25. The average molecular weight is 306 g/mol. The first-order valence-electron chi connectivity index (χ1n) is 8.48. The van der Waals surface area contributed by atoms with Crippen molar-refractivity contribution in [3.63, 3.8) is 0 Å². The Labute approximate surface area is 137 Å². The van der Waals surface area contributed by atoms with E-state index in [0.717, 1.165) is 13.0 Å². The van der Waals surface area contributed by atoms with Crippen molar-refractivity contribution in [3.05, 3.63) is 59.7 Å². The van der Waals surface area contributed by atoms with E-state index in [2.05, 4.69) is 53.8 Å². The second-order valence-electron chi connectivity index (χ2n) is 6.56. The van der Waals surface area contributed by atoms with Crippen LogP contribution in [0.5, 0.6) is 0 Å². The Morgan fingerprint density at radius 1 is 1.00 bits per heavy atom. The second-order valence-corrected chi connectivity index (χ2v) is 6.56. The van der Waals surface area contributed by atoms with Gasteiger partial charge >= 0.3 is 0 Å². The highest BCUT2D eigenvalue weighted by atomic mass is 16.2. The zero-order valence-electron chi connectivity index (χ0n) is 13.3. The molecule has 0 bridgehead atoms. The van der Waals surface area contributed by atoms with Crippen LogP contribution in [0.4, 0.5) is 0 Å². The van der Waals surface area contributed by atoms with E-state index in [1.165, 1.54) is 28.7 Å². The highest BCUT2D eigenvalue weighted by Crippen LogP contribution is 2.32. The summed E-state index contributed by atoms with van der Waals surface area (Å²) in [5, 5.41) is 3.43. The van der Waals surface area contributed by atoms with Gasteiger partial charge in [0.25, 0.3) is 0 Å². The van der Waals surface area contributed by atoms with Gasteiger partial charge in [-0.1, -0.05) is 48.5 Å². The summed E-state index contributed by atoms with van der Waals surface area (Å²) in [5.74, 6) is 0.260. The van der Waals surface area contributed by atoms with E-state index in [-0.39, 0.29) is 5.91 Å². The number of benzene rings is 2. The molecular weight excluding hydrogens is 284 g/mol. The first kappa shape index (κ1) is 14.5. The van der Waals surface area contributed by atoms with Crippen LogP contribution >= 0.6 is 0 Å². The molecule has 2 aromatic carbocycles. The van der Waals surface area contributed by atoms with Crippen LogP contribution in [0, 0.1) is 0 Å². The summed E-state index contributed by atoms with van der Waals surface area (Å²) in [7, 11) is 0. The van der Waals surface area contributed by atoms with Crippen LogP contribution < -0.4 is 5.32 Å². The van der Waals surface area contributed by atoms with Gasteiger partial charge in [-0.25, -0.2) is 0 Å². The summed E-state index contributed by atoms with van der Waals surface area (Å²) >= 11 is 0. The molecule has 1 unspecified atom stereocenters. The molecule has 2 heterocycles. The van der Waals surface area contributed by atoms with E-state index in [9.17, 15) is 4.79 Å². The average Bonchev–Trinajstić information content (AvgIpc) is 3.02. The molecule has 0 aromatic heterocycles. The van der Waals surface area contributed by atoms with Gasteiger partial charge in [0, 0.05) is 25.6 Å². The number of carbonyl (C=O) groups excluding carboxylic acids is 1. The number of hydrogen-bond acceptors (Lipinski definition) is 2. The number of fused-ring (bicyclic) bond motifs is 3. The van der Waals surface area contributed by atoms with Gasteiger partial charge < -0.3 is 10.2 Å². The van der Waals surface area contributed by atoms with Gasteiger partial charge in [0.15, 0.2) is 0 Å². The lowest BCUT2D eigenvalue weighted by molar-refractivity contribution is -0.132. The zero-order chi connectivity index (χ0) is 15.6.